The number of aromatic nitrogens is 3. The van der Waals surface area contributed by atoms with Crippen molar-refractivity contribution in [2.24, 2.45) is 11.7 Å². The number of nitrogens with zero attached hydrogens (tertiary/aromatic N) is 3. The van der Waals surface area contributed by atoms with Gasteiger partial charge in [0.25, 0.3) is 0 Å². The fourth-order valence-electron chi connectivity index (χ4n) is 3.12. The number of piperidine rings is 1. The molecule has 0 radical (unpaired) electrons. The van der Waals surface area contributed by atoms with Crippen LogP contribution in [0.4, 0.5) is 0 Å². The van der Waals surface area contributed by atoms with Gasteiger partial charge in [0.1, 0.15) is 5.82 Å². The second kappa shape index (κ2) is 7.37. The molecule has 0 unspecified atom stereocenters. The van der Waals surface area contributed by atoms with Crippen LogP contribution >= 0.6 is 0 Å². The van der Waals surface area contributed by atoms with E-state index in [2.05, 4.69) is 50.4 Å². The zero-order valence-corrected chi connectivity index (χ0v) is 13.2. The highest BCUT2D eigenvalue weighted by Gasteiger charge is 2.21. The van der Waals surface area contributed by atoms with Crippen LogP contribution in [0.5, 0.6) is 0 Å². The summed E-state index contributed by atoms with van der Waals surface area (Å²) in [5, 5.41) is 6.99. The van der Waals surface area contributed by atoms with E-state index in [1.54, 1.807) is 0 Å². The Morgan fingerprint density at radius 3 is 2.70 bits per heavy atom. The van der Waals surface area contributed by atoms with Gasteiger partial charge in [-0.1, -0.05) is 30.3 Å². The van der Waals surface area contributed by atoms with E-state index < -0.39 is 0 Å². The summed E-state index contributed by atoms with van der Waals surface area (Å²) in [5.41, 5.74) is 6.54. The van der Waals surface area contributed by atoms with Crippen molar-refractivity contribution in [3.63, 3.8) is 0 Å². The first-order chi connectivity index (χ1) is 11.2. The fourth-order valence-corrected chi connectivity index (χ4v) is 3.12. The molecule has 1 aliphatic rings. The molecule has 0 atom stereocenters. The summed E-state index contributed by atoms with van der Waals surface area (Å²) in [6.07, 6.45) is 3.32. The lowest BCUT2D eigenvalue weighted by Gasteiger charge is -2.31. The molecule has 0 spiro atoms. The summed E-state index contributed by atoms with van der Waals surface area (Å²) in [7, 11) is 0. The third kappa shape index (κ3) is 4.63. The Bertz CT molecular complexity index is 631. The topological polar surface area (TPSA) is 87.9 Å². The number of benzene rings is 1. The lowest BCUT2D eigenvalue weighted by atomic mass is 9.93. The van der Waals surface area contributed by atoms with Crippen LogP contribution < -0.4 is 5.73 Å². The molecule has 23 heavy (non-hydrogen) atoms. The van der Waals surface area contributed by atoms with E-state index >= 15 is 0 Å². The fraction of sp³-hybridized carbons (Fsp3) is 0.471. The highest BCUT2D eigenvalue weighted by Crippen LogP contribution is 2.21. The van der Waals surface area contributed by atoms with Crippen LogP contribution in [0.1, 0.15) is 30.1 Å². The lowest BCUT2D eigenvalue weighted by molar-refractivity contribution is -0.117. The highest BCUT2D eigenvalue weighted by atomic mass is 16.1. The number of carbonyl (C=O) groups is 1. The minimum Gasteiger partial charge on any atom is -0.369 e. The summed E-state index contributed by atoms with van der Waals surface area (Å²) < 4.78 is 0. The van der Waals surface area contributed by atoms with Gasteiger partial charge < -0.3 is 5.73 Å². The Morgan fingerprint density at radius 2 is 2.00 bits per heavy atom. The predicted octanol–water partition coefficient (Wildman–Crippen LogP) is 1.29. The van der Waals surface area contributed by atoms with E-state index in [1.165, 1.54) is 5.56 Å². The van der Waals surface area contributed by atoms with Gasteiger partial charge in [-0.3, -0.25) is 14.8 Å². The van der Waals surface area contributed by atoms with Gasteiger partial charge in [-0.05, 0) is 37.4 Å². The first kappa shape index (κ1) is 15.7. The number of nitrogens with one attached hydrogen (secondary N) is 1. The standard InChI is InChI=1S/C17H23N5O/c18-15(23)11-17-19-16(20-21-17)10-13-6-8-22(9-7-13)12-14-4-2-1-3-5-14/h1-5,13H,6-12H2,(H2,18,23)(H,19,20,21). The van der Waals surface area contributed by atoms with Crippen LogP contribution in [0.3, 0.4) is 0 Å². The Morgan fingerprint density at radius 1 is 1.26 bits per heavy atom. The SMILES string of the molecule is NC(=O)Cc1nc(CC2CCN(Cc3ccccc3)CC2)n[nH]1. The minimum absolute atomic E-state index is 0.128. The number of amides is 1. The van der Waals surface area contributed by atoms with Crippen LogP contribution in [0, 0.1) is 5.92 Å². The van der Waals surface area contributed by atoms with Gasteiger partial charge in [0.15, 0.2) is 5.82 Å². The third-order valence-corrected chi connectivity index (χ3v) is 4.35. The molecule has 1 fully saturated rings. The van der Waals surface area contributed by atoms with E-state index in [1.807, 2.05) is 0 Å². The quantitative estimate of drug-likeness (QED) is 0.841. The van der Waals surface area contributed by atoms with E-state index in [4.69, 9.17) is 5.73 Å². The van der Waals surface area contributed by atoms with Gasteiger partial charge in [-0.25, -0.2) is 4.98 Å². The molecular weight excluding hydrogens is 290 g/mol. The number of H-pyrrole nitrogens is 1. The highest BCUT2D eigenvalue weighted by molar-refractivity contribution is 5.75. The van der Waals surface area contributed by atoms with E-state index in [-0.39, 0.29) is 12.3 Å². The Labute approximate surface area is 136 Å². The number of nitrogens with two attached hydrogens (primary N) is 1. The summed E-state index contributed by atoms with van der Waals surface area (Å²) >= 11 is 0. The molecule has 0 bridgehead atoms. The van der Waals surface area contributed by atoms with Crippen molar-refractivity contribution < 1.29 is 4.79 Å². The van der Waals surface area contributed by atoms with Crippen molar-refractivity contribution in [1.82, 2.24) is 20.1 Å². The van der Waals surface area contributed by atoms with Crippen molar-refractivity contribution in [1.29, 1.82) is 0 Å². The van der Waals surface area contributed by atoms with Crippen molar-refractivity contribution in [3.05, 3.63) is 47.5 Å². The largest absolute Gasteiger partial charge is 0.369 e. The maximum atomic E-state index is 10.9. The maximum Gasteiger partial charge on any atom is 0.225 e. The number of hydrogen-bond donors (Lipinski definition) is 2. The number of rotatable bonds is 6. The molecule has 6 heteroatoms. The smallest absolute Gasteiger partial charge is 0.225 e. The van der Waals surface area contributed by atoms with E-state index in [9.17, 15) is 4.79 Å². The molecule has 1 aromatic carbocycles. The molecule has 1 aromatic heterocycles. The zero-order valence-electron chi connectivity index (χ0n) is 13.2. The van der Waals surface area contributed by atoms with Gasteiger partial charge in [0.05, 0.1) is 6.42 Å². The second-order valence-corrected chi connectivity index (χ2v) is 6.25. The molecular formula is C17H23N5O. The first-order valence-electron chi connectivity index (χ1n) is 8.14. The van der Waals surface area contributed by atoms with Crippen LogP contribution in [0.2, 0.25) is 0 Å². The molecule has 0 aliphatic carbocycles. The normalized spacial score (nSPS) is 16.5. The van der Waals surface area contributed by atoms with Crippen LogP contribution in [-0.2, 0) is 24.2 Å². The molecule has 1 saturated heterocycles. The molecule has 1 aliphatic heterocycles. The number of hydrogen-bond acceptors (Lipinski definition) is 4. The molecule has 3 N–H and O–H groups in total. The zero-order chi connectivity index (χ0) is 16.1. The number of carbonyl (C=O) groups excluding carboxylic acids is 1. The minimum atomic E-state index is -0.387. The second-order valence-electron chi connectivity index (χ2n) is 6.25. The molecule has 2 heterocycles. The average Bonchev–Trinajstić information content (AvgIpc) is 2.96. The van der Waals surface area contributed by atoms with Crippen molar-refractivity contribution in [2.75, 3.05) is 13.1 Å². The monoisotopic (exact) mass is 313 g/mol. The molecule has 1 amide bonds. The van der Waals surface area contributed by atoms with Gasteiger partial charge >= 0.3 is 0 Å². The number of aromatic amines is 1. The molecule has 2 aromatic rings. The molecule has 0 saturated carbocycles. The Balaban J connectivity index is 1.45. The summed E-state index contributed by atoms with van der Waals surface area (Å²) in [6, 6.07) is 10.6. The third-order valence-electron chi connectivity index (χ3n) is 4.35. The van der Waals surface area contributed by atoms with Crippen LogP contribution in [0.25, 0.3) is 0 Å². The number of likely N-dealkylation sites (tertiary alicyclic amines) is 1. The van der Waals surface area contributed by atoms with Crippen LogP contribution in [-0.4, -0.2) is 39.1 Å². The Hall–Kier alpha value is -2.21. The summed E-state index contributed by atoms with van der Waals surface area (Å²) in [5.74, 6) is 1.58. The van der Waals surface area contributed by atoms with Crippen molar-refractivity contribution >= 4 is 5.91 Å². The van der Waals surface area contributed by atoms with Gasteiger partial charge in [0, 0.05) is 13.0 Å². The number of primary amides is 1. The average molecular weight is 313 g/mol. The van der Waals surface area contributed by atoms with E-state index in [0.717, 1.165) is 44.7 Å². The molecule has 3 rings (SSSR count). The Kier molecular flexibility index (Phi) is 5.02. The maximum absolute atomic E-state index is 10.9. The lowest BCUT2D eigenvalue weighted by Crippen LogP contribution is -2.34. The van der Waals surface area contributed by atoms with Gasteiger partial charge in [-0.15, -0.1) is 0 Å². The van der Waals surface area contributed by atoms with Crippen molar-refractivity contribution in [2.45, 2.75) is 32.2 Å². The predicted molar refractivity (Wildman–Crippen MR) is 87.4 cm³/mol. The van der Waals surface area contributed by atoms with Gasteiger partial charge in [0.2, 0.25) is 5.91 Å². The summed E-state index contributed by atoms with van der Waals surface area (Å²) in [4.78, 5) is 17.7. The summed E-state index contributed by atoms with van der Waals surface area (Å²) in [6.45, 7) is 3.24. The van der Waals surface area contributed by atoms with E-state index in [0.29, 0.717) is 11.7 Å². The molecule has 6 nitrogen and oxygen atoms in total. The van der Waals surface area contributed by atoms with Crippen molar-refractivity contribution in [3.8, 4) is 0 Å². The van der Waals surface area contributed by atoms with Gasteiger partial charge in [-0.2, -0.15) is 5.10 Å². The molecule has 122 valence electrons. The first-order valence-corrected chi connectivity index (χ1v) is 8.14. The van der Waals surface area contributed by atoms with Crippen LogP contribution in [0.15, 0.2) is 30.3 Å².